The van der Waals surface area contributed by atoms with Crippen LogP contribution in [0.3, 0.4) is 0 Å². The van der Waals surface area contributed by atoms with E-state index in [0.717, 1.165) is 17.9 Å². The van der Waals surface area contributed by atoms with E-state index in [1.54, 1.807) is 24.1 Å². The lowest BCUT2D eigenvalue weighted by Crippen LogP contribution is -2.31. The summed E-state index contributed by atoms with van der Waals surface area (Å²) in [7, 11) is 0. The van der Waals surface area contributed by atoms with Crippen LogP contribution in [0.25, 0.3) is 0 Å². The first-order valence-electron chi connectivity index (χ1n) is 9.59. The van der Waals surface area contributed by atoms with Crippen molar-refractivity contribution in [3.05, 3.63) is 83.8 Å². The monoisotopic (exact) mass is 392 g/mol. The maximum absolute atomic E-state index is 12.6. The van der Waals surface area contributed by atoms with Crippen LogP contribution in [0.2, 0.25) is 0 Å². The summed E-state index contributed by atoms with van der Waals surface area (Å²) in [6.45, 7) is 3.43. The molecule has 0 fully saturated rings. The van der Waals surface area contributed by atoms with Crippen molar-refractivity contribution in [1.29, 1.82) is 0 Å². The fourth-order valence-corrected chi connectivity index (χ4v) is 4.43. The number of carbonyl (C=O) groups is 1. The van der Waals surface area contributed by atoms with Gasteiger partial charge in [-0.15, -0.1) is 11.8 Å². The van der Waals surface area contributed by atoms with E-state index >= 15 is 0 Å². The summed E-state index contributed by atoms with van der Waals surface area (Å²) in [4.78, 5) is 16.2. The Morgan fingerprint density at radius 3 is 2.79 bits per heavy atom. The molecule has 2 aromatic carbocycles. The minimum absolute atomic E-state index is 0.0717. The number of fused-ring (bicyclic) bond motifs is 1. The van der Waals surface area contributed by atoms with E-state index in [-0.39, 0.29) is 5.91 Å². The predicted octanol–water partition coefficient (Wildman–Crippen LogP) is 4.75. The van der Waals surface area contributed by atoms with E-state index in [2.05, 4.69) is 53.5 Å². The highest BCUT2D eigenvalue weighted by molar-refractivity contribution is 7.99. The summed E-state index contributed by atoms with van der Waals surface area (Å²) < 4.78 is 5.68. The molecular formula is C23H24N2O2S. The summed E-state index contributed by atoms with van der Waals surface area (Å²) in [6, 6.07) is 20.8. The third-order valence-corrected chi connectivity index (χ3v) is 6.07. The van der Waals surface area contributed by atoms with E-state index in [1.165, 1.54) is 16.1 Å². The molecule has 5 heteroatoms. The van der Waals surface area contributed by atoms with Crippen molar-refractivity contribution < 1.29 is 9.21 Å². The molecule has 144 valence electrons. The molecule has 4 rings (SSSR count). The van der Waals surface area contributed by atoms with Gasteiger partial charge in [0.15, 0.2) is 0 Å². The lowest BCUT2D eigenvalue weighted by atomic mass is 10.1. The van der Waals surface area contributed by atoms with E-state index in [0.29, 0.717) is 24.7 Å². The second kappa shape index (κ2) is 8.57. The van der Waals surface area contributed by atoms with Gasteiger partial charge in [0.2, 0.25) is 0 Å². The highest BCUT2D eigenvalue weighted by atomic mass is 32.2. The smallest absolute Gasteiger partial charge is 0.254 e. The maximum Gasteiger partial charge on any atom is 0.254 e. The van der Waals surface area contributed by atoms with Crippen molar-refractivity contribution >= 4 is 23.4 Å². The lowest BCUT2D eigenvalue weighted by Gasteiger charge is -2.24. The molecular weight excluding hydrogens is 368 g/mol. The minimum atomic E-state index is -0.0717. The van der Waals surface area contributed by atoms with Gasteiger partial charge in [-0.1, -0.05) is 36.4 Å². The van der Waals surface area contributed by atoms with Gasteiger partial charge < -0.3 is 14.6 Å². The molecule has 0 saturated carbocycles. The zero-order valence-corrected chi connectivity index (χ0v) is 16.7. The summed E-state index contributed by atoms with van der Waals surface area (Å²) >= 11 is 1.74. The Morgan fingerprint density at radius 1 is 1.14 bits per heavy atom. The summed E-state index contributed by atoms with van der Waals surface area (Å²) in [5.41, 5.74) is 3.21. The molecule has 1 unspecified atom stereocenters. The number of nitrogens with zero attached hydrogens (tertiary/aromatic N) is 1. The average molecular weight is 393 g/mol. The summed E-state index contributed by atoms with van der Waals surface area (Å²) in [6.07, 6.45) is 2.63. The average Bonchev–Trinajstić information content (AvgIpc) is 3.31. The van der Waals surface area contributed by atoms with Crippen LogP contribution in [-0.4, -0.2) is 24.2 Å². The Morgan fingerprint density at radius 2 is 1.93 bits per heavy atom. The minimum Gasteiger partial charge on any atom is -0.467 e. The summed E-state index contributed by atoms with van der Waals surface area (Å²) in [5, 5.41) is 3.01. The zero-order chi connectivity index (χ0) is 19.3. The van der Waals surface area contributed by atoms with E-state index in [1.807, 2.05) is 18.2 Å². The standard InChI is InChI=1S/C23H24N2O2S/c1-17-15-18-7-5-6-10-21(18)25(17)16-22-20(11-13-27-22)23(26)24-12-14-28-19-8-3-2-4-9-19/h2-11,13,17H,12,14-16H2,1H3,(H,24,26). The normalized spacial score (nSPS) is 15.5. The first-order chi connectivity index (χ1) is 13.7. The largest absolute Gasteiger partial charge is 0.467 e. The van der Waals surface area contributed by atoms with Crippen molar-refractivity contribution in [3.8, 4) is 0 Å². The fraction of sp³-hybridized carbons (Fsp3) is 0.261. The number of hydrogen-bond donors (Lipinski definition) is 1. The van der Waals surface area contributed by atoms with Crippen LogP contribution >= 0.6 is 11.8 Å². The molecule has 1 aliphatic heterocycles. The Bertz CT molecular complexity index is 939. The first kappa shape index (κ1) is 18.7. The molecule has 3 aromatic rings. The highest BCUT2D eigenvalue weighted by Gasteiger charge is 2.27. The number of nitrogens with one attached hydrogen (secondary N) is 1. The van der Waals surface area contributed by atoms with Crippen LogP contribution in [0.1, 0.15) is 28.6 Å². The second-order valence-electron chi connectivity index (χ2n) is 6.98. The van der Waals surface area contributed by atoms with Gasteiger partial charge in [-0.2, -0.15) is 0 Å². The van der Waals surface area contributed by atoms with Crippen molar-refractivity contribution in [3.63, 3.8) is 0 Å². The van der Waals surface area contributed by atoms with Gasteiger partial charge in [-0.05, 0) is 43.2 Å². The maximum atomic E-state index is 12.6. The Kier molecular flexibility index (Phi) is 5.72. The Labute approximate surface area is 169 Å². The number of hydrogen-bond acceptors (Lipinski definition) is 4. The first-order valence-corrected chi connectivity index (χ1v) is 10.6. The van der Waals surface area contributed by atoms with Crippen LogP contribution in [-0.2, 0) is 13.0 Å². The van der Waals surface area contributed by atoms with Crippen molar-refractivity contribution in [1.82, 2.24) is 5.32 Å². The van der Waals surface area contributed by atoms with Crippen LogP contribution < -0.4 is 10.2 Å². The van der Waals surface area contributed by atoms with Crippen LogP contribution in [0.15, 0.2) is 76.2 Å². The van der Waals surface area contributed by atoms with Gasteiger partial charge in [-0.25, -0.2) is 0 Å². The fourth-order valence-electron chi connectivity index (χ4n) is 3.64. The molecule has 1 amide bonds. The number of anilines is 1. The topological polar surface area (TPSA) is 45.5 Å². The molecule has 2 heterocycles. The lowest BCUT2D eigenvalue weighted by molar-refractivity contribution is 0.0954. The molecule has 1 aromatic heterocycles. The van der Waals surface area contributed by atoms with E-state index in [9.17, 15) is 4.79 Å². The summed E-state index contributed by atoms with van der Waals surface area (Å²) in [5.74, 6) is 1.48. The van der Waals surface area contributed by atoms with Crippen molar-refractivity contribution in [2.45, 2.75) is 30.8 Å². The number of furan rings is 1. The molecule has 0 radical (unpaired) electrons. The third-order valence-electron chi connectivity index (χ3n) is 5.05. The molecule has 0 aliphatic carbocycles. The molecule has 1 aliphatic rings. The molecule has 4 nitrogen and oxygen atoms in total. The molecule has 0 bridgehead atoms. The Balaban J connectivity index is 1.35. The molecule has 0 spiro atoms. The van der Waals surface area contributed by atoms with Gasteiger partial charge in [0.1, 0.15) is 5.76 Å². The zero-order valence-electron chi connectivity index (χ0n) is 15.9. The van der Waals surface area contributed by atoms with Gasteiger partial charge in [0.25, 0.3) is 5.91 Å². The van der Waals surface area contributed by atoms with E-state index < -0.39 is 0 Å². The highest BCUT2D eigenvalue weighted by Crippen LogP contribution is 2.33. The number of para-hydroxylation sites is 1. The Hall–Kier alpha value is -2.66. The molecule has 28 heavy (non-hydrogen) atoms. The molecule has 1 N–H and O–H groups in total. The van der Waals surface area contributed by atoms with Crippen molar-refractivity contribution in [2.24, 2.45) is 0 Å². The van der Waals surface area contributed by atoms with Crippen LogP contribution in [0.5, 0.6) is 0 Å². The number of benzene rings is 2. The van der Waals surface area contributed by atoms with Crippen LogP contribution in [0, 0.1) is 0 Å². The van der Waals surface area contributed by atoms with E-state index in [4.69, 9.17) is 4.42 Å². The molecule has 1 atom stereocenters. The van der Waals surface area contributed by atoms with Crippen molar-refractivity contribution in [2.75, 3.05) is 17.2 Å². The number of carbonyl (C=O) groups excluding carboxylic acids is 1. The van der Waals surface area contributed by atoms with Gasteiger partial charge in [0.05, 0.1) is 18.4 Å². The van der Waals surface area contributed by atoms with Crippen LogP contribution in [0.4, 0.5) is 5.69 Å². The number of amides is 1. The van der Waals surface area contributed by atoms with Gasteiger partial charge >= 0.3 is 0 Å². The predicted molar refractivity (Wildman–Crippen MR) is 114 cm³/mol. The number of thioether (sulfide) groups is 1. The quantitative estimate of drug-likeness (QED) is 0.465. The third kappa shape index (κ3) is 4.09. The second-order valence-corrected chi connectivity index (χ2v) is 8.15. The van der Waals surface area contributed by atoms with Gasteiger partial charge in [0, 0.05) is 28.9 Å². The SMILES string of the molecule is CC1Cc2ccccc2N1Cc1occc1C(=O)NCCSc1ccccc1. The molecule has 0 saturated heterocycles. The number of rotatable bonds is 7. The van der Waals surface area contributed by atoms with Gasteiger partial charge in [-0.3, -0.25) is 4.79 Å².